The molecule has 0 saturated carbocycles. The first-order chi connectivity index (χ1) is 22.7. The number of Topliss-reactive ketones (excluding diaryl/α,β-unsaturated/α-hetero) is 1. The molecule has 0 heterocycles. The highest BCUT2D eigenvalue weighted by atomic mass is 16.4. The summed E-state index contributed by atoms with van der Waals surface area (Å²) in [4.78, 5) is 77.2. The minimum Gasteiger partial charge on any atom is -0.480 e. The Labute approximate surface area is 280 Å². The summed E-state index contributed by atoms with van der Waals surface area (Å²) < 4.78 is 0. The van der Waals surface area contributed by atoms with Gasteiger partial charge in [0.25, 0.3) is 5.91 Å². The summed E-state index contributed by atoms with van der Waals surface area (Å²) in [6, 6.07) is 22.8. The van der Waals surface area contributed by atoms with Crippen molar-refractivity contribution in [1.82, 2.24) is 21.3 Å². The zero-order valence-electron chi connectivity index (χ0n) is 27.9. The van der Waals surface area contributed by atoms with Crippen LogP contribution in [0.15, 0.2) is 84.9 Å². The van der Waals surface area contributed by atoms with Crippen molar-refractivity contribution in [3.05, 3.63) is 96.1 Å². The minimum absolute atomic E-state index is 0.0339. The molecule has 11 nitrogen and oxygen atoms in total. The van der Waals surface area contributed by atoms with E-state index in [1.165, 1.54) is 20.8 Å². The molecule has 3 aromatic rings. The summed E-state index contributed by atoms with van der Waals surface area (Å²) in [5, 5.41) is 19.5. The van der Waals surface area contributed by atoms with Crippen molar-refractivity contribution in [3.63, 3.8) is 0 Å². The van der Waals surface area contributed by atoms with Crippen LogP contribution in [0.4, 0.5) is 0 Å². The fraction of sp³-hybridized carbons (Fsp3) is 0.351. The maximum atomic E-state index is 13.5. The average molecular weight is 657 g/mol. The van der Waals surface area contributed by atoms with Crippen molar-refractivity contribution in [3.8, 4) is 11.1 Å². The van der Waals surface area contributed by atoms with Crippen molar-refractivity contribution < 1.29 is 33.9 Å². The van der Waals surface area contributed by atoms with E-state index in [1.807, 2.05) is 72.8 Å². The van der Waals surface area contributed by atoms with E-state index in [9.17, 15) is 33.9 Å². The van der Waals surface area contributed by atoms with Gasteiger partial charge in [-0.2, -0.15) is 0 Å². The molecule has 0 spiro atoms. The summed E-state index contributed by atoms with van der Waals surface area (Å²) in [5.41, 5.74) is 1.92. The van der Waals surface area contributed by atoms with Gasteiger partial charge in [0.15, 0.2) is 0 Å². The number of ketones is 1. The SMILES string of the molecule is CC[C@H](C)[C@H](NC(=O)C(=O)C(C)NC(=O)[C@H](Cc1ccc(-c2ccccc2)cc1)NC(=O)Cc1ccccc1)C(=O)NC(C)(C)C(=O)O. The molecule has 0 radical (unpaired) electrons. The molecule has 48 heavy (non-hydrogen) atoms. The van der Waals surface area contributed by atoms with Crippen LogP contribution < -0.4 is 21.3 Å². The molecule has 0 fully saturated rings. The molecule has 3 rings (SSSR count). The van der Waals surface area contributed by atoms with Crippen molar-refractivity contribution in [2.45, 2.75) is 77.5 Å². The highest BCUT2D eigenvalue weighted by Gasteiger charge is 2.36. The van der Waals surface area contributed by atoms with E-state index in [0.717, 1.165) is 22.3 Å². The smallest absolute Gasteiger partial charge is 0.328 e. The normalized spacial score (nSPS) is 13.6. The Kier molecular flexibility index (Phi) is 13.2. The van der Waals surface area contributed by atoms with E-state index in [4.69, 9.17) is 0 Å². The van der Waals surface area contributed by atoms with Crippen LogP contribution in [0.5, 0.6) is 0 Å². The van der Waals surface area contributed by atoms with Crippen LogP contribution in [0.2, 0.25) is 0 Å². The molecule has 3 aromatic carbocycles. The monoisotopic (exact) mass is 656 g/mol. The van der Waals surface area contributed by atoms with Gasteiger partial charge in [0.2, 0.25) is 23.5 Å². The molecular formula is C37H44N4O7. The lowest BCUT2D eigenvalue weighted by molar-refractivity contribution is -0.147. The van der Waals surface area contributed by atoms with Crippen LogP contribution in [-0.4, -0.2) is 64.2 Å². The second-order valence-corrected chi connectivity index (χ2v) is 12.4. The molecule has 11 heteroatoms. The molecule has 0 bridgehead atoms. The zero-order valence-corrected chi connectivity index (χ0v) is 27.9. The fourth-order valence-corrected chi connectivity index (χ4v) is 4.87. The van der Waals surface area contributed by atoms with E-state index in [2.05, 4.69) is 21.3 Å². The van der Waals surface area contributed by atoms with Crippen LogP contribution in [-0.2, 0) is 41.6 Å². The Morgan fingerprint density at radius 2 is 1.27 bits per heavy atom. The Morgan fingerprint density at radius 3 is 1.83 bits per heavy atom. The Morgan fingerprint density at radius 1 is 0.708 bits per heavy atom. The lowest BCUT2D eigenvalue weighted by Gasteiger charge is -2.28. The number of nitrogens with one attached hydrogen (secondary N) is 4. The Hall–Kier alpha value is -5.32. The highest BCUT2D eigenvalue weighted by molar-refractivity contribution is 6.38. The number of carbonyl (C=O) groups is 6. The lowest BCUT2D eigenvalue weighted by Crippen LogP contribution is -2.60. The van der Waals surface area contributed by atoms with Gasteiger partial charge in [0.05, 0.1) is 12.5 Å². The number of hydrogen-bond acceptors (Lipinski definition) is 6. The minimum atomic E-state index is -1.61. The van der Waals surface area contributed by atoms with Gasteiger partial charge in [-0.3, -0.25) is 24.0 Å². The molecule has 0 saturated heterocycles. The first-order valence-corrected chi connectivity index (χ1v) is 15.9. The van der Waals surface area contributed by atoms with Crippen LogP contribution in [0.25, 0.3) is 11.1 Å². The maximum absolute atomic E-state index is 13.5. The fourth-order valence-electron chi connectivity index (χ4n) is 4.87. The highest BCUT2D eigenvalue weighted by Crippen LogP contribution is 2.20. The molecule has 0 aromatic heterocycles. The van der Waals surface area contributed by atoms with Gasteiger partial charge in [-0.05, 0) is 48.9 Å². The summed E-state index contributed by atoms with van der Waals surface area (Å²) in [5.74, 6) is -5.65. The number of rotatable bonds is 16. The number of hydrogen-bond donors (Lipinski definition) is 5. The number of benzene rings is 3. The van der Waals surface area contributed by atoms with E-state index >= 15 is 0 Å². The number of aliphatic carboxylic acids is 1. The topological polar surface area (TPSA) is 171 Å². The molecule has 4 amide bonds. The maximum Gasteiger partial charge on any atom is 0.328 e. The largest absolute Gasteiger partial charge is 0.480 e. The van der Waals surface area contributed by atoms with E-state index in [0.29, 0.717) is 6.42 Å². The van der Waals surface area contributed by atoms with Crippen molar-refractivity contribution in [2.24, 2.45) is 5.92 Å². The van der Waals surface area contributed by atoms with Crippen LogP contribution in [0, 0.1) is 5.92 Å². The summed E-state index contributed by atoms with van der Waals surface area (Å²) in [6.07, 6.45) is 0.597. The van der Waals surface area contributed by atoms with Gasteiger partial charge in [0, 0.05) is 6.42 Å². The third-order valence-electron chi connectivity index (χ3n) is 8.09. The Balaban J connectivity index is 1.74. The third-order valence-corrected chi connectivity index (χ3v) is 8.09. The average Bonchev–Trinajstić information content (AvgIpc) is 3.06. The molecule has 5 N–H and O–H groups in total. The first kappa shape index (κ1) is 37.1. The Bertz CT molecular complexity index is 1590. The second kappa shape index (κ2) is 17.0. The summed E-state index contributed by atoms with van der Waals surface area (Å²) >= 11 is 0. The summed E-state index contributed by atoms with van der Waals surface area (Å²) in [7, 11) is 0. The number of carboxylic acids is 1. The predicted molar refractivity (Wildman–Crippen MR) is 182 cm³/mol. The number of amides is 4. The first-order valence-electron chi connectivity index (χ1n) is 15.9. The number of carboxylic acid groups (broad SMARTS) is 1. The van der Waals surface area contributed by atoms with Crippen LogP contribution in [0.1, 0.15) is 52.2 Å². The van der Waals surface area contributed by atoms with E-state index < -0.39 is 65.0 Å². The van der Waals surface area contributed by atoms with Gasteiger partial charge >= 0.3 is 5.97 Å². The van der Waals surface area contributed by atoms with Gasteiger partial charge in [-0.25, -0.2) is 4.79 Å². The quantitative estimate of drug-likeness (QED) is 0.147. The van der Waals surface area contributed by atoms with Crippen molar-refractivity contribution >= 4 is 35.4 Å². The molecule has 4 atom stereocenters. The van der Waals surface area contributed by atoms with E-state index in [1.54, 1.807) is 26.0 Å². The van der Waals surface area contributed by atoms with E-state index in [-0.39, 0.29) is 12.8 Å². The molecular weight excluding hydrogens is 612 g/mol. The van der Waals surface area contributed by atoms with Gasteiger partial charge < -0.3 is 26.4 Å². The summed E-state index contributed by atoms with van der Waals surface area (Å²) in [6.45, 7) is 7.41. The predicted octanol–water partition coefficient (Wildman–Crippen LogP) is 3.21. The lowest BCUT2D eigenvalue weighted by atomic mass is 9.96. The van der Waals surface area contributed by atoms with Gasteiger partial charge in [0.1, 0.15) is 17.6 Å². The third kappa shape index (κ3) is 10.6. The standard InChI is InChI=1S/C37H44N4O7/c1-6-23(2)31(34(45)41-37(4,5)36(47)48)40-35(46)32(43)24(3)38-33(44)29(39-30(42)22-25-13-9-7-10-14-25)21-26-17-19-28(20-18-26)27-15-11-8-12-16-27/h7-20,23-24,29,31H,6,21-22H2,1-5H3,(H,38,44)(H,39,42)(H,40,46)(H,41,45)(H,47,48)/t23-,24?,29-,31-/m0/s1. The molecule has 0 aliphatic carbocycles. The van der Waals surface area contributed by atoms with Gasteiger partial charge in [-0.15, -0.1) is 0 Å². The molecule has 1 unspecified atom stereocenters. The van der Waals surface area contributed by atoms with Crippen LogP contribution >= 0.6 is 0 Å². The van der Waals surface area contributed by atoms with Crippen LogP contribution in [0.3, 0.4) is 0 Å². The molecule has 0 aliphatic rings. The van der Waals surface area contributed by atoms with Gasteiger partial charge in [-0.1, -0.05) is 105 Å². The van der Waals surface area contributed by atoms with Crippen molar-refractivity contribution in [2.75, 3.05) is 0 Å². The molecule has 254 valence electrons. The molecule has 0 aliphatic heterocycles. The van der Waals surface area contributed by atoms with Crippen molar-refractivity contribution in [1.29, 1.82) is 0 Å². The zero-order chi connectivity index (χ0) is 35.4. The second-order valence-electron chi connectivity index (χ2n) is 12.4. The number of carbonyl (C=O) groups excluding carboxylic acids is 5.